The molecule has 0 aliphatic heterocycles. The van der Waals surface area contributed by atoms with Crippen LogP contribution in [0.3, 0.4) is 0 Å². The zero-order valence-corrected chi connectivity index (χ0v) is 14.6. The van der Waals surface area contributed by atoms with Gasteiger partial charge in [0.1, 0.15) is 0 Å². The maximum Gasteiger partial charge on any atom is 0.178 e. The number of rotatable bonds is 0. The highest BCUT2D eigenvalue weighted by molar-refractivity contribution is 6.30. The Bertz CT molecular complexity index is 646. The average Bonchev–Trinajstić information content (AvgIpc) is 2.52. The molecular formula is C20H25ClO2. The fourth-order valence-electron chi connectivity index (χ4n) is 6.00. The first-order valence-corrected chi connectivity index (χ1v) is 9.22. The molecule has 0 bridgehead atoms. The zero-order valence-electron chi connectivity index (χ0n) is 13.9. The molecule has 2 nitrogen and oxygen atoms in total. The highest BCUT2D eigenvalue weighted by Crippen LogP contribution is 2.63. The summed E-state index contributed by atoms with van der Waals surface area (Å²) in [7, 11) is 0. The first-order chi connectivity index (χ1) is 10.9. The van der Waals surface area contributed by atoms with Gasteiger partial charge in [0.15, 0.2) is 5.78 Å². The molecule has 4 rings (SSSR count). The lowest BCUT2D eigenvalue weighted by atomic mass is 9.46. The standard InChI is InChI=1S/C20H25ClO2/c1-19-9-7-13(22)11-12(19)3-4-14-15-5-6-17(21)18(23)20(15,2)10-8-16(14)19/h6-7,9,11,14-16,18,23H,3-5,8,10H2,1-2H3/t14-,15-,16-,18-,19-,20-/m0/s1. The summed E-state index contributed by atoms with van der Waals surface area (Å²) < 4.78 is 0. The Kier molecular flexibility index (Phi) is 3.45. The molecule has 0 aromatic rings. The topological polar surface area (TPSA) is 37.3 Å². The molecule has 3 heteroatoms. The molecular weight excluding hydrogens is 308 g/mol. The number of fused-ring (bicyclic) bond motifs is 5. The zero-order chi connectivity index (χ0) is 16.4. The summed E-state index contributed by atoms with van der Waals surface area (Å²) in [5, 5.41) is 11.3. The second-order valence-electron chi connectivity index (χ2n) is 8.38. The molecule has 0 saturated heterocycles. The quantitative estimate of drug-likeness (QED) is 0.714. The van der Waals surface area contributed by atoms with Crippen LogP contribution in [0.2, 0.25) is 0 Å². The van der Waals surface area contributed by atoms with Gasteiger partial charge in [-0.15, -0.1) is 0 Å². The van der Waals surface area contributed by atoms with Gasteiger partial charge in [0, 0.05) is 15.9 Å². The van der Waals surface area contributed by atoms with Crippen molar-refractivity contribution >= 4 is 17.4 Å². The van der Waals surface area contributed by atoms with Gasteiger partial charge in [0.05, 0.1) is 6.10 Å². The molecule has 4 aliphatic rings. The highest BCUT2D eigenvalue weighted by atomic mass is 35.5. The molecule has 1 N–H and O–H groups in total. The van der Waals surface area contributed by atoms with Crippen molar-refractivity contribution in [1.29, 1.82) is 0 Å². The van der Waals surface area contributed by atoms with Crippen molar-refractivity contribution in [3.8, 4) is 0 Å². The SMILES string of the molecule is C[C@]12CC[C@H]3[C@@H](CCC4=CC(=O)C=C[C@@]43C)[C@@H]1CC=C(Cl)[C@@H]2O. The number of carbonyl (C=O) groups excluding carboxylic acids is 1. The molecule has 2 saturated carbocycles. The number of aliphatic hydroxyl groups excluding tert-OH is 1. The summed E-state index contributed by atoms with van der Waals surface area (Å²) in [6.45, 7) is 4.53. The molecule has 0 spiro atoms. The second-order valence-corrected chi connectivity index (χ2v) is 8.81. The lowest BCUT2D eigenvalue weighted by Crippen LogP contribution is -2.54. The smallest absolute Gasteiger partial charge is 0.178 e. The van der Waals surface area contributed by atoms with E-state index < -0.39 is 6.10 Å². The van der Waals surface area contributed by atoms with E-state index in [1.807, 2.05) is 12.2 Å². The van der Waals surface area contributed by atoms with E-state index in [0.29, 0.717) is 22.8 Å². The van der Waals surface area contributed by atoms with Gasteiger partial charge < -0.3 is 5.11 Å². The Hall–Kier alpha value is -0.860. The number of allylic oxidation sites excluding steroid dienone is 5. The normalized spacial score (nSPS) is 48.8. The van der Waals surface area contributed by atoms with Crippen molar-refractivity contribution in [2.45, 2.75) is 52.1 Å². The van der Waals surface area contributed by atoms with Crippen LogP contribution in [-0.2, 0) is 4.79 Å². The average molecular weight is 333 g/mol. The van der Waals surface area contributed by atoms with Crippen LogP contribution in [-0.4, -0.2) is 17.0 Å². The lowest BCUT2D eigenvalue weighted by molar-refractivity contribution is -0.111. The molecule has 6 atom stereocenters. The van der Waals surface area contributed by atoms with Gasteiger partial charge in [0.2, 0.25) is 0 Å². The summed E-state index contributed by atoms with van der Waals surface area (Å²) in [6.07, 6.45) is 12.5. The largest absolute Gasteiger partial charge is 0.387 e. The van der Waals surface area contributed by atoms with E-state index in [1.54, 1.807) is 6.08 Å². The summed E-state index contributed by atoms with van der Waals surface area (Å²) in [6, 6.07) is 0. The molecule has 0 radical (unpaired) electrons. The molecule has 23 heavy (non-hydrogen) atoms. The van der Waals surface area contributed by atoms with Crippen LogP contribution in [0.4, 0.5) is 0 Å². The fourth-order valence-corrected chi connectivity index (χ4v) is 6.33. The van der Waals surface area contributed by atoms with Gasteiger partial charge in [-0.3, -0.25) is 4.79 Å². The molecule has 2 fully saturated rings. The summed E-state index contributed by atoms with van der Waals surface area (Å²) in [4.78, 5) is 11.8. The number of ketones is 1. The number of carbonyl (C=O) groups is 1. The number of hydrogen-bond acceptors (Lipinski definition) is 2. The summed E-state index contributed by atoms with van der Waals surface area (Å²) in [5.41, 5.74) is 1.24. The lowest BCUT2D eigenvalue weighted by Gasteiger charge is -2.59. The molecule has 0 unspecified atom stereocenters. The molecule has 0 amide bonds. The number of halogens is 1. The van der Waals surface area contributed by atoms with E-state index in [9.17, 15) is 9.90 Å². The van der Waals surface area contributed by atoms with Crippen molar-refractivity contribution in [1.82, 2.24) is 0 Å². The molecule has 124 valence electrons. The van der Waals surface area contributed by atoms with Gasteiger partial charge in [-0.2, -0.15) is 0 Å². The van der Waals surface area contributed by atoms with E-state index >= 15 is 0 Å². The molecule has 0 aromatic carbocycles. The predicted molar refractivity (Wildman–Crippen MR) is 91.9 cm³/mol. The van der Waals surface area contributed by atoms with Crippen LogP contribution in [0.25, 0.3) is 0 Å². The Labute approximate surface area is 143 Å². The molecule has 4 aliphatic carbocycles. The minimum absolute atomic E-state index is 0.0219. The third-order valence-electron chi connectivity index (χ3n) is 7.45. The van der Waals surface area contributed by atoms with Crippen LogP contribution < -0.4 is 0 Å². The van der Waals surface area contributed by atoms with Crippen LogP contribution in [0, 0.1) is 28.6 Å². The van der Waals surface area contributed by atoms with Crippen molar-refractivity contribution in [3.05, 3.63) is 34.9 Å². The van der Waals surface area contributed by atoms with Crippen molar-refractivity contribution in [2.75, 3.05) is 0 Å². The van der Waals surface area contributed by atoms with Crippen molar-refractivity contribution in [2.24, 2.45) is 28.6 Å². The minimum Gasteiger partial charge on any atom is -0.387 e. The molecule has 0 heterocycles. The van der Waals surface area contributed by atoms with Gasteiger partial charge in [-0.05, 0) is 62.0 Å². The van der Waals surface area contributed by atoms with Crippen LogP contribution in [0.15, 0.2) is 34.9 Å². The van der Waals surface area contributed by atoms with E-state index in [-0.39, 0.29) is 16.6 Å². The van der Waals surface area contributed by atoms with Gasteiger partial charge in [-0.25, -0.2) is 0 Å². The minimum atomic E-state index is -0.517. The Morgan fingerprint density at radius 2 is 2.04 bits per heavy atom. The van der Waals surface area contributed by atoms with E-state index in [2.05, 4.69) is 19.9 Å². The van der Waals surface area contributed by atoms with Gasteiger partial charge >= 0.3 is 0 Å². The maximum atomic E-state index is 11.8. The summed E-state index contributed by atoms with van der Waals surface area (Å²) >= 11 is 6.26. The third-order valence-corrected chi connectivity index (χ3v) is 7.81. The van der Waals surface area contributed by atoms with Crippen molar-refractivity contribution < 1.29 is 9.90 Å². The van der Waals surface area contributed by atoms with Crippen molar-refractivity contribution in [3.63, 3.8) is 0 Å². The van der Waals surface area contributed by atoms with Crippen LogP contribution >= 0.6 is 11.6 Å². The third kappa shape index (κ3) is 2.07. The number of hydrogen-bond donors (Lipinski definition) is 1. The van der Waals surface area contributed by atoms with Gasteiger partial charge in [-0.1, -0.05) is 43.2 Å². The van der Waals surface area contributed by atoms with Crippen LogP contribution in [0.1, 0.15) is 46.0 Å². The Morgan fingerprint density at radius 3 is 2.83 bits per heavy atom. The monoisotopic (exact) mass is 332 g/mol. The second kappa shape index (κ2) is 5.07. The van der Waals surface area contributed by atoms with E-state index in [4.69, 9.17) is 11.6 Å². The first-order valence-electron chi connectivity index (χ1n) is 8.84. The predicted octanol–water partition coefficient (Wildman–Crippen LogP) is 4.39. The fraction of sp³-hybridized carbons (Fsp3) is 0.650. The van der Waals surface area contributed by atoms with E-state index in [0.717, 1.165) is 32.1 Å². The van der Waals surface area contributed by atoms with Gasteiger partial charge in [0.25, 0.3) is 0 Å². The van der Waals surface area contributed by atoms with E-state index in [1.165, 1.54) is 5.57 Å². The number of aliphatic hydroxyl groups is 1. The maximum absolute atomic E-state index is 11.8. The first kappa shape index (κ1) is 15.7. The molecule has 0 aromatic heterocycles. The van der Waals surface area contributed by atoms with Crippen LogP contribution in [0.5, 0.6) is 0 Å². The summed E-state index contributed by atoms with van der Waals surface area (Å²) in [5.74, 6) is 1.80. The Morgan fingerprint density at radius 1 is 1.26 bits per heavy atom. The Balaban J connectivity index is 1.72. The highest BCUT2D eigenvalue weighted by Gasteiger charge is 2.57.